The Morgan fingerprint density at radius 2 is 1.85 bits per heavy atom. The van der Waals surface area contributed by atoms with Gasteiger partial charge in [-0.05, 0) is 47.4 Å². The topological polar surface area (TPSA) is 35.5 Å². The Balaban J connectivity index is 3.05. The van der Waals surface area contributed by atoms with Crippen LogP contribution in [0.4, 0.5) is 0 Å². The number of ether oxygens (including phenoxy) is 1. The van der Waals surface area contributed by atoms with Gasteiger partial charge in [0.1, 0.15) is 5.75 Å². The Morgan fingerprint density at radius 3 is 2.30 bits per heavy atom. The molecule has 0 spiro atoms. The van der Waals surface area contributed by atoms with Gasteiger partial charge >= 0.3 is 0 Å². The molecule has 0 radical (unpaired) electrons. The molecular formula is C15H23ClO3Si. The highest BCUT2D eigenvalue weighted by Gasteiger charge is 2.39. The summed E-state index contributed by atoms with van der Waals surface area (Å²) in [4.78, 5) is 11.0. The van der Waals surface area contributed by atoms with E-state index in [0.717, 1.165) is 11.3 Å². The highest BCUT2D eigenvalue weighted by molar-refractivity contribution is 6.74. The second-order valence-electron chi connectivity index (χ2n) is 6.38. The van der Waals surface area contributed by atoms with Gasteiger partial charge in [-0.3, -0.25) is 4.79 Å². The van der Waals surface area contributed by atoms with E-state index >= 15 is 0 Å². The molecule has 0 aliphatic carbocycles. The number of rotatable bonds is 5. The minimum absolute atomic E-state index is 0.114. The van der Waals surface area contributed by atoms with E-state index in [4.69, 9.17) is 20.8 Å². The van der Waals surface area contributed by atoms with Crippen LogP contribution < -0.4 is 9.16 Å². The van der Waals surface area contributed by atoms with E-state index in [9.17, 15) is 4.79 Å². The van der Waals surface area contributed by atoms with Crippen molar-refractivity contribution in [1.29, 1.82) is 0 Å². The summed E-state index contributed by atoms with van der Waals surface area (Å²) in [5, 5.41) is -0.270. The van der Waals surface area contributed by atoms with Crippen molar-refractivity contribution in [2.75, 3.05) is 7.11 Å². The number of halogens is 1. The fraction of sp³-hybridized carbons (Fsp3) is 0.533. The lowest BCUT2D eigenvalue weighted by molar-refractivity contribution is -0.111. The van der Waals surface area contributed by atoms with Crippen LogP contribution in [-0.4, -0.2) is 20.7 Å². The van der Waals surface area contributed by atoms with Crippen LogP contribution in [0.3, 0.4) is 0 Å². The number of methoxy groups -OCH3 is 1. The monoisotopic (exact) mass is 314 g/mol. The average molecular weight is 315 g/mol. The van der Waals surface area contributed by atoms with Crippen molar-refractivity contribution in [3.63, 3.8) is 0 Å². The summed E-state index contributed by atoms with van der Waals surface area (Å²) in [5.74, 6) is 1.37. The maximum Gasteiger partial charge on any atom is 0.250 e. The molecule has 0 fully saturated rings. The van der Waals surface area contributed by atoms with Gasteiger partial charge in [-0.15, -0.1) is 0 Å². The third-order valence-corrected chi connectivity index (χ3v) is 8.22. The van der Waals surface area contributed by atoms with E-state index < -0.39 is 8.32 Å². The molecule has 3 nitrogen and oxygen atoms in total. The van der Waals surface area contributed by atoms with Crippen molar-refractivity contribution < 1.29 is 14.0 Å². The minimum atomic E-state index is -1.92. The van der Waals surface area contributed by atoms with Crippen molar-refractivity contribution in [2.24, 2.45) is 0 Å². The molecule has 0 saturated heterocycles. The van der Waals surface area contributed by atoms with Crippen LogP contribution in [0.2, 0.25) is 18.1 Å². The Bertz CT molecular complexity index is 492. The summed E-state index contributed by atoms with van der Waals surface area (Å²) in [7, 11) is -0.318. The summed E-state index contributed by atoms with van der Waals surface area (Å²) in [5.41, 5.74) is 0.824. The first-order valence-electron chi connectivity index (χ1n) is 6.61. The molecule has 0 aliphatic rings. The number of hydrogen-bond acceptors (Lipinski definition) is 3. The predicted octanol–water partition coefficient (Wildman–Crippen LogP) is 4.39. The molecule has 0 saturated carbocycles. The molecule has 0 heterocycles. The van der Waals surface area contributed by atoms with Gasteiger partial charge in [-0.25, -0.2) is 0 Å². The SMILES string of the molecule is COc1cc(CC(=O)Cl)ccc1O[Si](C)(C)C(C)(C)C. The van der Waals surface area contributed by atoms with Gasteiger partial charge in [-0.1, -0.05) is 26.8 Å². The van der Waals surface area contributed by atoms with Crippen LogP contribution >= 0.6 is 11.6 Å². The number of hydrogen-bond donors (Lipinski definition) is 0. The Morgan fingerprint density at radius 1 is 1.25 bits per heavy atom. The number of carbonyl (C=O) groups is 1. The molecule has 1 aromatic rings. The van der Waals surface area contributed by atoms with Gasteiger partial charge in [0.2, 0.25) is 5.24 Å². The summed E-state index contributed by atoms with van der Waals surface area (Å²) < 4.78 is 11.6. The quantitative estimate of drug-likeness (QED) is 0.597. The zero-order valence-corrected chi connectivity index (χ0v) is 14.8. The second-order valence-corrected chi connectivity index (χ2v) is 11.5. The molecule has 0 bridgehead atoms. The molecule has 0 atom stereocenters. The fourth-order valence-electron chi connectivity index (χ4n) is 1.49. The molecule has 0 unspecified atom stereocenters. The molecule has 5 heteroatoms. The predicted molar refractivity (Wildman–Crippen MR) is 85.4 cm³/mol. The van der Waals surface area contributed by atoms with Gasteiger partial charge in [-0.2, -0.15) is 0 Å². The molecule has 0 N–H and O–H groups in total. The number of carbonyl (C=O) groups excluding carboxylic acids is 1. The lowest BCUT2D eigenvalue weighted by Gasteiger charge is -2.36. The zero-order valence-electron chi connectivity index (χ0n) is 13.0. The molecule has 1 rings (SSSR count). The van der Waals surface area contributed by atoms with E-state index in [1.54, 1.807) is 7.11 Å². The summed E-state index contributed by atoms with van der Waals surface area (Å²) in [6.45, 7) is 10.9. The van der Waals surface area contributed by atoms with Gasteiger partial charge in [0.25, 0.3) is 8.32 Å². The average Bonchev–Trinajstić information content (AvgIpc) is 2.28. The summed E-state index contributed by atoms with van der Waals surface area (Å²) in [6.07, 6.45) is 0.193. The van der Waals surface area contributed by atoms with Crippen LogP contribution in [0.25, 0.3) is 0 Å². The van der Waals surface area contributed by atoms with E-state index in [0.29, 0.717) is 5.75 Å². The first-order valence-corrected chi connectivity index (χ1v) is 9.90. The van der Waals surface area contributed by atoms with Crippen molar-refractivity contribution in [1.82, 2.24) is 0 Å². The normalized spacial score (nSPS) is 12.2. The third-order valence-electron chi connectivity index (χ3n) is 3.74. The zero-order chi connectivity index (χ0) is 15.6. The standard InChI is InChI=1S/C15H23ClO3Si/c1-15(2,3)20(5,6)19-12-8-7-11(10-14(16)17)9-13(12)18-4/h7-9H,10H2,1-6H3. The smallest absolute Gasteiger partial charge is 0.250 e. The van der Waals surface area contributed by atoms with Crippen molar-refractivity contribution in [3.05, 3.63) is 23.8 Å². The highest BCUT2D eigenvalue weighted by Crippen LogP contribution is 2.40. The molecule has 1 aromatic carbocycles. The Kier molecular flexibility index (Phi) is 5.27. The molecule has 0 aliphatic heterocycles. The fourth-order valence-corrected chi connectivity index (χ4v) is 2.67. The molecule has 0 amide bonds. The van der Waals surface area contributed by atoms with Crippen LogP contribution in [0, 0.1) is 0 Å². The van der Waals surface area contributed by atoms with Crippen molar-refractivity contribution >= 4 is 25.2 Å². The van der Waals surface area contributed by atoms with E-state index in [1.165, 1.54) is 0 Å². The largest absolute Gasteiger partial charge is 0.541 e. The van der Waals surface area contributed by atoms with E-state index in [2.05, 4.69) is 33.9 Å². The third kappa shape index (κ3) is 4.25. The van der Waals surface area contributed by atoms with Crippen LogP contribution in [-0.2, 0) is 11.2 Å². The molecule has 0 aromatic heterocycles. The van der Waals surface area contributed by atoms with Crippen molar-refractivity contribution in [2.45, 2.75) is 45.3 Å². The van der Waals surface area contributed by atoms with Gasteiger partial charge in [0, 0.05) is 6.42 Å². The number of benzene rings is 1. The lowest BCUT2D eigenvalue weighted by atomic mass is 10.1. The molecular weight excluding hydrogens is 292 g/mol. The lowest BCUT2D eigenvalue weighted by Crippen LogP contribution is -2.43. The van der Waals surface area contributed by atoms with E-state index in [-0.39, 0.29) is 16.7 Å². The van der Waals surface area contributed by atoms with Gasteiger partial charge in [0.05, 0.1) is 7.11 Å². The maximum absolute atomic E-state index is 11.0. The van der Waals surface area contributed by atoms with Crippen LogP contribution in [0.5, 0.6) is 11.5 Å². The summed E-state index contributed by atoms with van der Waals surface area (Å²) in [6, 6.07) is 5.52. The molecule has 112 valence electrons. The Hall–Kier alpha value is -1.00. The first kappa shape index (κ1) is 17.0. The van der Waals surface area contributed by atoms with Gasteiger partial charge in [0.15, 0.2) is 5.75 Å². The maximum atomic E-state index is 11.0. The highest BCUT2D eigenvalue weighted by atomic mass is 35.5. The van der Waals surface area contributed by atoms with Crippen LogP contribution in [0.15, 0.2) is 18.2 Å². The van der Waals surface area contributed by atoms with Gasteiger partial charge < -0.3 is 9.16 Å². The van der Waals surface area contributed by atoms with Crippen LogP contribution in [0.1, 0.15) is 26.3 Å². The molecule has 20 heavy (non-hydrogen) atoms. The second kappa shape index (κ2) is 6.18. The minimum Gasteiger partial charge on any atom is -0.541 e. The Labute approximate surface area is 127 Å². The summed E-state index contributed by atoms with van der Waals surface area (Å²) >= 11 is 5.41. The van der Waals surface area contributed by atoms with E-state index in [1.807, 2.05) is 18.2 Å². The first-order chi connectivity index (χ1) is 9.06. The van der Waals surface area contributed by atoms with Crippen molar-refractivity contribution in [3.8, 4) is 11.5 Å².